The highest BCUT2D eigenvalue weighted by atomic mass is 127. The lowest BCUT2D eigenvalue weighted by Crippen LogP contribution is -2.20. The van der Waals surface area contributed by atoms with Gasteiger partial charge in [-0.05, 0) is 35.1 Å². The zero-order chi connectivity index (χ0) is 12.4. The molecule has 0 fully saturated rings. The zero-order valence-corrected chi connectivity index (χ0v) is 11.9. The molecule has 2 aromatic heterocycles. The molecular formula is C10H9ClIN3O2. The van der Waals surface area contributed by atoms with Gasteiger partial charge < -0.3 is 4.84 Å². The molecule has 0 aliphatic heterocycles. The number of nitrogens with zero attached hydrogens (tertiary/aromatic N) is 3. The second-order valence-electron chi connectivity index (χ2n) is 3.40. The summed E-state index contributed by atoms with van der Waals surface area (Å²) >= 11 is 7.89. The van der Waals surface area contributed by atoms with Gasteiger partial charge >= 0.3 is 5.97 Å². The second kappa shape index (κ2) is 5.18. The number of halogens is 2. The van der Waals surface area contributed by atoms with Crippen LogP contribution in [0.2, 0.25) is 5.02 Å². The maximum absolute atomic E-state index is 11.4. The molecule has 0 unspecified atom stereocenters. The highest BCUT2D eigenvalue weighted by Gasteiger charge is 2.13. The lowest BCUT2D eigenvalue weighted by atomic mass is 10.3. The summed E-state index contributed by atoms with van der Waals surface area (Å²) in [6.07, 6.45) is 2.58. The number of carbonyl (C=O) groups excluding carboxylic acids is 1. The van der Waals surface area contributed by atoms with Crippen LogP contribution in [0.15, 0.2) is 12.3 Å². The van der Waals surface area contributed by atoms with E-state index >= 15 is 0 Å². The van der Waals surface area contributed by atoms with Crippen molar-refractivity contribution in [3.63, 3.8) is 0 Å². The molecule has 0 radical (unpaired) electrons. The molecule has 2 rings (SSSR count). The predicted molar refractivity (Wildman–Crippen MR) is 71.8 cm³/mol. The van der Waals surface area contributed by atoms with Gasteiger partial charge in [-0.3, -0.25) is 0 Å². The van der Waals surface area contributed by atoms with Crippen LogP contribution in [0.1, 0.15) is 19.8 Å². The molecule has 2 heterocycles. The van der Waals surface area contributed by atoms with Crippen molar-refractivity contribution in [3.8, 4) is 0 Å². The average Bonchev–Trinajstić information content (AvgIpc) is 2.56. The Morgan fingerprint density at radius 1 is 1.65 bits per heavy atom. The van der Waals surface area contributed by atoms with E-state index in [0.717, 1.165) is 16.7 Å². The van der Waals surface area contributed by atoms with Gasteiger partial charge in [-0.15, -0.1) is 5.10 Å². The third kappa shape index (κ3) is 2.68. The third-order valence-electron chi connectivity index (χ3n) is 2.06. The number of hydrogen-bond donors (Lipinski definition) is 0. The molecule has 0 aliphatic carbocycles. The predicted octanol–water partition coefficient (Wildman–Crippen LogP) is 2.44. The maximum Gasteiger partial charge on any atom is 0.335 e. The standard InChI is InChI=1S/C10H9ClIN3O2/c1-2-3-8(16)17-15-10-7(9(12)14-15)4-6(11)5-13-10/h4-5H,2-3H2,1H3. The summed E-state index contributed by atoms with van der Waals surface area (Å²) in [5.41, 5.74) is 0.489. The number of carbonyl (C=O) groups is 1. The molecule has 0 atom stereocenters. The van der Waals surface area contributed by atoms with E-state index in [1.54, 1.807) is 6.07 Å². The molecule has 0 saturated heterocycles. The summed E-state index contributed by atoms with van der Waals surface area (Å²) in [6, 6.07) is 1.74. The maximum atomic E-state index is 11.4. The van der Waals surface area contributed by atoms with Crippen molar-refractivity contribution in [1.82, 2.24) is 14.9 Å². The van der Waals surface area contributed by atoms with E-state index in [4.69, 9.17) is 16.4 Å². The van der Waals surface area contributed by atoms with Crippen LogP contribution in [-0.2, 0) is 4.79 Å². The molecule has 90 valence electrons. The fraction of sp³-hybridized carbons (Fsp3) is 0.300. The smallest absolute Gasteiger partial charge is 0.317 e. The quantitative estimate of drug-likeness (QED) is 0.784. The van der Waals surface area contributed by atoms with E-state index in [1.165, 1.54) is 6.20 Å². The zero-order valence-electron chi connectivity index (χ0n) is 8.98. The summed E-state index contributed by atoms with van der Waals surface area (Å²) in [5, 5.41) is 5.38. The first-order valence-electron chi connectivity index (χ1n) is 5.02. The Labute approximate surface area is 116 Å². The van der Waals surface area contributed by atoms with Gasteiger partial charge in [0.25, 0.3) is 0 Å². The number of hydrogen-bond acceptors (Lipinski definition) is 4. The first-order chi connectivity index (χ1) is 8.11. The molecule has 2 aromatic rings. The van der Waals surface area contributed by atoms with Gasteiger partial charge in [-0.1, -0.05) is 23.4 Å². The number of rotatable bonds is 3. The summed E-state index contributed by atoms with van der Waals surface area (Å²) in [5.74, 6) is -0.329. The summed E-state index contributed by atoms with van der Waals surface area (Å²) in [4.78, 5) is 21.7. The van der Waals surface area contributed by atoms with Crippen molar-refractivity contribution in [2.75, 3.05) is 0 Å². The fourth-order valence-electron chi connectivity index (χ4n) is 1.33. The van der Waals surface area contributed by atoms with E-state index in [9.17, 15) is 4.79 Å². The molecule has 17 heavy (non-hydrogen) atoms. The lowest BCUT2D eigenvalue weighted by Gasteiger charge is -2.02. The number of fused-ring (bicyclic) bond motifs is 1. The van der Waals surface area contributed by atoms with E-state index in [2.05, 4.69) is 10.1 Å². The van der Waals surface area contributed by atoms with Gasteiger partial charge in [-0.25, -0.2) is 9.78 Å². The number of aromatic nitrogens is 3. The highest BCUT2D eigenvalue weighted by molar-refractivity contribution is 14.1. The molecule has 0 amide bonds. The Morgan fingerprint density at radius 3 is 3.12 bits per heavy atom. The van der Waals surface area contributed by atoms with Crippen LogP contribution >= 0.6 is 34.2 Å². The minimum atomic E-state index is -0.329. The SMILES string of the molecule is CCCC(=O)On1nc(I)c2cc(Cl)cnc21. The monoisotopic (exact) mass is 365 g/mol. The largest absolute Gasteiger partial charge is 0.335 e. The van der Waals surface area contributed by atoms with E-state index in [-0.39, 0.29) is 5.97 Å². The molecule has 0 N–H and O–H groups in total. The van der Waals surface area contributed by atoms with Crippen molar-refractivity contribution in [3.05, 3.63) is 21.0 Å². The normalized spacial score (nSPS) is 10.8. The molecule has 5 nitrogen and oxygen atoms in total. The Kier molecular flexibility index (Phi) is 3.82. The molecule has 7 heteroatoms. The van der Waals surface area contributed by atoms with Crippen molar-refractivity contribution < 1.29 is 9.63 Å². The van der Waals surface area contributed by atoms with E-state index < -0.39 is 0 Å². The van der Waals surface area contributed by atoms with Crippen LogP contribution in [0, 0.1) is 3.70 Å². The minimum Gasteiger partial charge on any atom is -0.317 e. The van der Waals surface area contributed by atoms with E-state index in [1.807, 2.05) is 29.5 Å². The molecule has 0 saturated carbocycles. The van der Waals surface area contributed by atoms with Gasteiger partial charge in [0.15, 0.2) is 0 Å². The Morgan fingerprint density at radius 2 is 2.41 bits per heavy atom. The van der Waals surface area contributed by atoms with Gasteiger partial charge in [0.2, 0.25) is 5.65 Å². The summed E-state index contributed by atoms with van der Waals surface area (Å²) in [6.45, 7) is 1.91. The van der Waals surface area contributed by atoms with Crippen LogP contribution in [0.25, 0.3) is 11.0 Å². The molecule has 0 aromatic carbocycles. The van der Waals surface area contributed by atoms with Crippen molar-refractivity contribution >= 4 is 51.2 Å². The Balaban J connectivity index is 2.38. The first-order valence-corrected chi connectivity index (χ1v) is 6.48. The van der Waals surface area contributed by atoms with Crippen molar-refractivity contribution in [1.29, 1.82) is 0 Å². The molecule has 0 bridgehead atoms. The summed E-state index contributed by atoms with van der Waals surface area (Å²) in [7, 11) is 0. The minimum absolute atomic E-state index is 0.329. The Hall–Kier alpha value is -0.890. The van der Waals surface area contributed by atoms with Crippen molar-refractivity contribution in [2.24, 2.45) is 0 Å². The van der Waals surface area contributed by atoms with Gasteiger partial charge in [0.05, 0.1) is 10.4 Å². The summed E-state index contributed by atoms with van der Waals surface area (Å²) < 4.78 is 0.692. The molecular weight excluding hydrogens is 356 g/mol. The molecule has 0 spiro atoms. The lowest BCUT2D eigenvalue weighted by molar-refractivity contribution is -0.145. The highest BCUT2D eigenvalue weighted by Crippen LogP contribution is 2.21. The topological polar surface area (TPSA) is 57.0 Å². The van der Waals surface area contributed by atoms with E-state index in [0.29, 0.717) is 20.8 Å². The van der Waals surface area contributed by atoms with Crippen molar-refractivity contribution in [2.45, 2.75) is 19.8 Å². The van der Waals surface area contributed by atoms with Crippen LogP contribution in [0.3, 0.4) is 0 Å². The van der Waals surface area contributed by atoms with Gasteiger partial charge in [0, 0.05) is 12.6 Å². The molecule has 0 aliphatic rings. The third-order valence-corrected chi connectivity index (χ3v) is 3.06. The van der Waals surface area contributed by atoms with Gasteiger partial charge in [-0.2, -0.15) is 0 Å². The van der Waals surface area contributed by atoms with Crippen LogP contribution in [0.5, 0.6) is 0 Å². The second-order valence-corrected chi connectivity index (χ2v) is 4.86. The van der Waals surface area contributed by atoms with Gasteiger partial charge in [0.1, 0.15) is 3.70 Å². The van der Waals surface area contributed by atoms with Crippen LogP contribution in [0.4, 0.5) is 0 Å². The first kappa shape index (κ1) is 12.6. The average molecular weight is 366 g/mol. The fourth-order valence-corrected chi connectivity index (χ4v) is 2.08. The van der Waals surface area contributed by atoms with Crippen LogP contribution in [-0.4, -0.2) is 20.9 Å². The Bertz CT molecular complexity index is 570. The van der Waals surface area contributed by atoms with Crippen LogP contribution < -0.4 is 4.84 Å². The number of pyridine rings is 1.